The molecule has 0 heterocycles. The molecule has 3 nitrogen and oxygen atoms in total. The van der Waals surface area contributed by atoms with Gasteiger partial charge in [0.25, 0.3) is 0 Å². The number of alkyl halides is 2. The zero-order chi connectivity index (χ0) is 15.5. The van der Waals surface area contributed by atoms with Gasteiger partial charge in [-0.15, -0.1) is 0 Å². The lowest BCUT2D eigenvalue weighted by atomic mass is 10.1. The number of rotatable bonds is 5. The van der Waals surface area contributed by atoms with Gasteiger partial charge in [0.1, 0.15) is 5.56 Å². The Hall–Kier alpha value is -2.14. The summed E-state index contributed by atoms with van der Waals surface area (Å²) in [5.41, 5.74) is -0.472. The van der Waals surface area contributed by atoms with E-state index in [2.05, 4.69) is 0 Å². The topological polar surface area (TPSA) is 46.5 Å². The molecule has 1 N–H and O–H groups in total. The lowest BCUT2D eigenvalue weighted by Crippen LogP contribution is -2.23. The van der Waals surface area contributed by atoms with Crippen LogP contribution in [0.5, 0.6) is 5.75 Å². The molecular formula is C15H11ClF2O3. The molecule has 2 rings (SSSR count). The third-order valence-electron chi connectivity index (χ3n) is 2.79. The standard InChI is InChI=1S/C15H11ClF2O3/c16-12-8-4-7-11(14(19)20)13(12)21-9-15(17,18)10-5-2-1-3-6-10/h1-8H,9H2,(H,19,20). The van der Waals surface area contributed by atoms with Gasteiger partial charge in [0.2, 0.25) is 0 Å². The highest BCUT2D eigenvalue weighted by molar-refractivity contribution is 6.32. The average Bonchev–Trinajstić information content (AvgIpc) is 2.46. The van der Waals surface area contributed by atoms with Crippen LogP contribution in [-0.2, 0) is 5.92 Å². The van der Waals surface area contributed by atoms with E-state index in [0.29, 0.717) is 0 Å². The van der Waals surface area contributed by atoms with Gasteiger partial charge in [0.05, 0.1) is 5.02 Å². The molecule has 2 aromatic rings. The van der Waals surface area contributed by atoms with Gasteiger partial charge in [-0.05, 0) is 12.1 Å². The van der Waals surface area contributed by atoms with E-state index in [0.717, 1.165) is 0 Å². The number of para-hydroxylation sites is 1. The van der Waals surface area contributed by atoms with Crippen molar-refractivity contribution in [3.63, 3.8) is 0 Å². The van der Waals surface area contributed by atoms with E-state index in [-0.39, 0.29) is 21.9 Å². The minimum Gasteiger partial charge on any atom is -0.484 e. The van der Waals surface area contributed by atoms with Crippen LogP contribution in [-0.4, -0.2) is 17.7 Å². The van der Waals surface area contributed by atoms with E-state index < -0.39 is 18.5 Å². The summed E-state index contributed by atoms with van der Waals surface area (Å²) in [5, 5.41) is 8.98. The van der Waals surface area contributed by atoms with Gasteiger partial charge in [-0.1, -0.05) is 48.0 Å². The van der Waals surface area contributed by atoms with Crippen molar-refractivity contribution < 1.29 is 23.4 Å². The highest BCUT2D eigenvalue weighted by atomic mass is 35.5. The Morgan fingerprint density at radius 3 is 2.43 bits per heavy atom. The number of aromatic carboxylic acids is 1. The van der Waals surface area contributed by atoms with Crippen LogP contribution in [0, 0.1) is 0 Å². The highest BCUT2D eigenvalue weighted by Gasteiger charge is 2.33. The van der Waals surface area contributed by atoms with E-state index in [1.807, 2.05) is 0 Å². The van der Waals surface area contributed by atoms with E-state index in [1.54, 1.807) is 6.07 Å². The Morgan fingerprint density at radius 2 is 1.81 bits per heavy atom. The molecule has 0 aliphatic rings. The molecule has 21 heavy (non-hydrogen) atoms. The first-order chi connectivity index (χ1) is 9.92. The smallest absolute Gasteiger partial charge is 0.339 e. The SMILES string of the molecule is O=C(O)c1cccc(Cl)c1OCC(F)(F)c1ccccc1. The molecular weight excluding hydrogens is 302 g/mol. The summed E-state index contributed by atoms with van der Waals surface area (Å²) in [6, 6.07) is 11.2. The summed E-state index contributed by atoms with van der Waals surface area (Å²) in [5.74, 6) is -4.81. The minimum absolute atomic E-state index is 0.0289. The van der Waals surface area contributed by atoms with Crippen LogP contribution in [0.4, 0.5) is 8.78 Å². The second-order valence-corrected chi connectivity index (χ2v) is 4.69. The number of benzene rings is 2. The Morgan fingerprint density at radius 1 is 1.14 bits per heavy atom. The molecule has 0 saturated heterocycles. The largest absolute Gasteiger partial charge is 0.484 e. The maximum absolute atomic E-state index is 14.0. The summed E-state index contributed by atoms with van der Waals surface area (Å²) in [6.07, 6.45) is 0. The average molecular weight is 313 g/mol. The molecule has 110 valence electrons. The number of carboxylic acid groups (broad SMARTS) is 1. The molecule has 0 spiro atoms. The lowest BCUT2D eigenvalue weighted by molar-refractivity contribution is -0.0469. The number of ether oxygens (including phenoxy) is 1. The van der Waals surface area contributed by atoms with Crippen LogP contribution in [0.1, 0.15) is 15.9 Å². The first-order valence-electron chi connectivity index (χ1n) is 6.00. The fourth-order valence-electron chi connectivity index (χ4n) is 1.75. The van der Waals surface area contributed by atoms with Crippen molar-refractivity contribution in [1.29, 1.82) is 0 Å². The van der Waals surface area contributed by atoms with Crippen molar-refractivity contribution in [2.45, 2.75) is 5.92 Å². The maximum atomic E-state index is 14.0. The summed E-state index contributed by atoms with van der Waals surface area (Å²) >= 11 is 5.82. The molecule has 2 aromatic carbocycles. The fraction of sp³-hybridized carbons (Fsp3) is 0.133. The minimum atomic E-state index is -3.25. The summed E-state index contributed by atoms with van der Waals surface area (Å²) in [6.45, 7) is -0.999. The molecule has 0 atom stereocenters. The monoisotopic (exact) mass is 312 g/mol. The summed E-state index contributed by atoms with van der Waals surface area (Å²) < 4.78 is 33.0. The van der Waals surface area contributed by atoms with Gasteiger partial charge >= 0.3 is 11.9 Å². The molecule has 0 aliphatic heterocycles. The third kappa shape index (κ3) is 3.49. The molecule has 0 aliphatic carbocycles. The van der Waals surface area contributed by atoms with Crippen molar-refractivity contribution in [3.8, 4) is 5.75 Å². The van der Waals surface area contributed by atoms with Crippen molar-refractivity contribution in [1.82, 2.24) is 0 Å². The Bertz CT molecular complexity index is 645. The van der Waals surface area contributed by atoms with Crippen LogP contribution < -0.4 is 4.74 Å². The second kappa shape index (κ2) is 6.10. The molecule has 0 saturated carbocycles. The van der Waals surface area contributed by atoms with Gasteiger partial charge in [0.15, 0.2) is 12.4 Å². The number of hydrogen-bond donors (Lipinski definition) is 1. The van der Waals surface area contributed by atoms with Crippen LogP contribution in [0.25, 0.3) is 0 Å². The lowest BCUT2D eigenvalue weighted by Gasteiger charge is -2.18. The predicted molar refractivity (Wildman–Crippen MR) is 74.2 cm³/mol. The Kier molecular flexibility index (Phi) is 4.43. The first kappa shape index (κ1) is 15.3. The highest BCUT2D eigenvalue weighted by Crippen LogP contribution is 2.33. The van der Waals surface area contributed by atoms with Gasteiger partial charge in [0, 0.05) is 5.56 Å². The van der Waals surface area contributed by atoms with Crippen molar-refractivity contribution in [3.05, 3.63) is 64.7 Å². The molecule has 6 heteroatoms. The Balaban J connectivity index is 2.22. The van der Waals surface area contributed by atoms with Crippen molar-refractivity contribution in [2.24, 2.45) is 0 Å². The molecule has 0 bridgehead atoms. The van der Waals surface area contributed by atoms with Crippen molar-refractivity contribution in [2.75, 3.05) is 6.61 Å². The maximum Gasteiger partial charge on any atom is 0.339 e. The zero-order valence-electron chi connectivity index (χ0n) is 10.7. The van der Waals surface area contributed by atoms with E-state index >= 15 is 0 Å². The normalized spacial score (nSPS) is 11.2. The third-order valence-corrected chi connectivity index (χ3v) is 3.09. The van der Waals surface area contributed by atoms with Gasteiger partial charge < -0.3 is 9.84 Å². The van der Waals surface area contributed by atoms with Crippen LogP contribution >= 0.6 is 11.6 Å². The van der Waals surface area contributed by atoms with Gasteiger partial charge in [-0.25, -0.2) is 4.79 Å². The fourth-order valence-corrected chi connectivity index (χ4v) is 1.98. The van der Waals surface area contributed by atoms with Gasteiger partial charge in [-0.2, -0.15) is 8.78 Å². The number of hydrogen-bond acceptors (Lipinski definition) is 2. The zero-order valence-corrected chi connectivity index (χ0v) is 11.5. The van der Waals surface area contributed by atoms with Crippen LogP contribution in [0.2, 0.25) is 5.02 Å². The summed E-state index contributed by atoms with van der Waals surface area (Å²) in [4.78, 5) is 11.0. The van der Waals surface area contributed by atoms with Crippen molar-refractivity contribution >= 4 is 17.6 Å². The predicted octanol–water partition coefficient (Wildman–Crippen LogP) is 4.21. The molecule has 0 unspecified atom stereocenters. The molecule has 0 aromatic heterocycles. The van der Waals surface area contributed by atoms with Gasteiger partial charge in [-0.3, -0.25) is 0 Å². The molecule has 0 fully saturated rings. The van der Waals surface area contributed by atoms with E-state index in [9.17, 15) is 13.6 Å². The van der Waals surface area contributed by atoms with E-state index in [4.69, 9.17) is 21.4 Å². The van der Waals surface area contributed by atoms with Crippen LogP contribution in [0.15, 0.2) is 48.5 Å². The number of halogens is 3. The Labute approximate surface area is 124 Å². The first-order valence-corrected chi connectivity index (χ1v) is 6.37. The van der Waals surface area contributed by atoms with Crippen LogP contribution in [0.3, 0.4) is 0 Å². The number of carboxylic acids is 1. The molecule has 0 amide bonds. The summed E-state index contributed by atoms with van der Waals surface area (Å²) in [7, 11) is 0. The number of carbonyl (C=O) groups is 1. The molecule has 0 radical (unpaired) electrons. The van der Waals surface area contributed by atoms with E-state index in [1.165, 1.54) is 42.5 Å². The quantitative estimate of drug-likeness (QED) is 0.899. The second-order valence-electron chi connectivity index (χ2n) is 4.28.